The van der Waals surface area contributed by atoms with Gasteiger partial charge in [0.25, 0.3) is 0 Å². The molecule has 5 heteroatoms. The Kier molecular flexibility index (Phi) is 5.72. The summed E-state index contributed by atoms with van der Waals surface area (Å²) in [4.78, 5) is 5.89. The fourth-order valence-corrected chi connectivity index (χ4v) is 3.00. The van der Waals surface area contributed by atoms with Crippen LogP contribution in [-0.2, 0) is 17.1 Å². The first kappa shape index (κ1) is 17.0. The topological polar surface area (TPSA) is 62.7 Å². The maximum Gasteiger partial charge on any atom is 0.130 e. The fraction of sp³-hybridized carbons (Fsp3) is 0. The van der Waals surface area contributed by atoms with Crippen LogP contribution in [0, 0.1) is 11.3 Å². The van der Waals surface area contributed by atoms with Gasteiger partial charge < -0.3 is 52.3 Å². The standard InChI is InChI=1S/C13H8N3S.C5H5.Fe/c14-7-11-12(15)9-5-6-10(16-13(9)17-11)8-3-1-2-4-8;1-2-4-5-3-1;/h1-6H,15H2;1-5H;/q-5;-1;. The van der Waals surface area contributed by atoms with Crippen LogP contribution < -0.4 is 5.73 Å². The summed E-state index contributed by atoms with van der Waals surface area (Å²) >= 11 is 1.34. The molecule has 3 nitrogen and oxygen atoms in total. The van der Waals surface area contributed by atoms with E-state index in [0.717, 1.165) is 21.5 Å². The Morgan fingerprint density at radius 2 is 1.87 bits per heavy atom. The summed E-state index contributed by atoms with van der Waals surface area (Å²) in [5.74, 6) is 0. The molecule has 4 aromatic rings. The zero-order valence-corrected chi connectivity index (χ0v) is 14.0. The van der Waals surface area contributed by atoms with E-state index in [2.05, 4.69) is 11.1 Å². The van der Waals surface area contributed by atoms with Crippen molar-refractivity contribution in [2.45, 2.75) is 0 Å². The Morgan fingerprint density at radius 1 is 1.17 bits per heavy atom. The summed E-state index contributed by atoms with van der Waals surface area (Å²) in [6.07, 6.45) is 0. The number of rotatable bonds is 1. The SMILES string of the molecule is N#Cc1sc2nc(-[c-]3[cH-][cH-][cH-][cH-]3)ccc2c1N.[Fe].c1cc[cH-]c1. The number of fused-ring (bicyclic) bond motifs is 1. The number of thiophene rings is 1. The molecular formula is C18H13FeN3S-6. The first-order chi connectivity index (χ1) is 10.8. The number of hydrogen-bond acceptors (Lipinski definition) is 4. The molecule has 0 bridgehead atoms. The van der Waals surface area contributed by atoms with E-state index in [0.29, 0.717) is 10.6 Å². The van der Waals surface area contributed by atoms with Crippen LogP contribution in [0.5, 0.6) is 0 Å². The van der Waals surface area contributed by atoms with Crippen molar-refractivity contribution in [1.29, 1.82) is 5.26 Å². The summed E-state index contributed by atoms with van der Waals surface area (Å²) in [5, 5.41) is 9.79. The molecule has 0 aliphatic carbocycles. The molecular weight excluding hydrogens is 346 g/mol. The number of nitriles is 1. The Bertz CT molecular complexity index is 883. The van der Waals surface area contributed by atoms with E-state index < -0.39 is 0 Å². The van der Waals surface area contributed by atoms with Crippen LogP contribution in [0.1, 0.15) is 4.88 Å². The molecule has 0 spiro atoms. The van der Waals surface area contributed by atoms with E-state index in [1.165, 1.54) is 11.3 Å². The number of hydrogen-bond donors (Lipinski definition) is 1. The van der Waals surface area contributed by atoms with Crippen LogP contribution in [0.2, 0.25) is 0 Å². The number of nitrogen functional groups attached to an aromatic ring is 1. The van der Waals surface area contributed by atoms with Crippen molar-refractivity contribution in [3.8, 4) is 17.3 Å². The minimum absolute atomic E-state index is 0. The first-order valence-corrected chi connectivity index (χ1v) is 7.59. The van der Waals surface area contributed by atoms with Gasteiger partial charge in [0.05, 0.1) is 10.5 Å². The van der Waals surface area contributed by atoms with Gasteiger partial charge in [-0.25, -0.2) is 12.1 Å². The van der Waals surface area contributed by atoms with E-state index in [9.17, 15) is 0 Å². The minimum Gasteiger partial charge on any atom is -0.664 e. The van der Waals surface area contributed by atoms with Gasteiger partial charge in [-0.15, -0.1) is 11.3 Å². The number of nitrogens with two attached hydrogens (primary N) is 1. The molecule has 0 fully saturated rings. The molecule has 0 unspecified atom stereocenters. The molecule has 0 amide bonds. The second-order valence-electron chi connectivity index (χ2n) is 4.64. The Balaban J connectivity index is 0.000000276. The molecule has 0 atom stereocenters. The Labute approximate surface area is 149 Å². The molecule has 0 saturated heterocycles. The molecule has 2 N–H and O–H groups in total. The normalized spacial score (nSPS) is 9.52. The quantitative estimate of drug-likeness (QED) is 0.401. The fourth-order valence-electron chi connectivity index (χ4n) is 2.11. The molecule has 0 aliphatic heterocycles. The monoisotopic (exact) mass is 359 g/mol. The van der Waals surface area contributed by atoms with Crippen molar-refractivity contribution in [2.75, 3.05) is 5.73 Å². The molecule has 4 rings (SSSR count). The first-order valence-electron chi connectivity index (χ1n) is 6.77. The predicted octanol–water partition coefficient (Wildman–Crippen LogP) is 4.54. The Morgan fingerprint density at radius 3 is 2.43 bits per heavy atom. The molecule has 0 radical (unpaired) electrons. The maximum absolute atomic E-state index is 8.93. The number of aromatic nitrogens is 1. The molecule has 0 aliphatic rings. The smallest absolute Gasteiger partial charge is 0.130 e. The van der Waals surface area contributed by atoms with Crippen LogP contribution >= 0.6 is 11.3 Å². The zero-order chi connectivity index (χ0) is 15.4. The van der Waals surface area contributed by atoms with Crippen LogP contribution in [0.4, 0.5) is 5.69 Å². The van der Waals surface area contributed by atoms with Gasteiger partial charge in [-0.05, 0) is 0 Å². The van der Waals surface area contributed by atoms with Crippen LogP contribution in [0.3, 0.4) is 0 Å². The number of pyridine rings is 1. The van der Waals surface area contributed by atoms with Gasteiger partial charge in [0.15, 0.2) is 0 Å². The average molecular weight is 359 g/mol. The second-order valence-corrected chi connectivity index (χ2v) is 5.64. The second kappa shape index (κ2) is 7.75. The van der Waals surface area contributed by atoms with E-state index in [1.807, 2.05) is 66.7 Å². The minimum atomic E-state index is 0. The summed E-state index contributed by atoms with van der Waals surface area (Å²) in [5.41, 5.74) is 8.39. The Hall–Kier alpha value is -2.38. The van der Waals surface area contributed by atoms with Gasteiger partial charge in [0.1, 0.15) is 10.9 Å². The number of anilines is 1. The molecule has 23 heavy (non-hydrogen) atoms. The molecule has 0 saturated carbocycles. The van der Waals surface area contributed by atoms with Gasteiger partial charge in [0, 0.05) is 22.5 Å². The van der Waals surface area contributed by atoms with Crippen molar-refractivity contribution in [3.63, 3.8) is 0 Å². The summed E-state index contributed by atoms with van der Waals surface area (Å²) in [6.45, 7) is 0. The van der Waals surface area contributed by atoms with E-state index >= 15 is 0 Å². The van der Waals surface area contributed by atoms with Gasteiger partial charge in [-0.2, -0.15) is 29.5 Å². The van der Waals surface area contributed by atoms with E-state index in [1.54, 1.807) is 0 Å². The zero-order valence-electron chi connectivity index (χ0n) is 12.1. The summed E-state index contributed by atoms with van der Waals surface area (Å²) in [6, 6.07) is 23.9. The maximum atomic E-state index is 8.93. The third-order valence-electron chi connectivity index (χ3n) is 3.21. The van der Waals surface area contributed by atoms with Crippen molar-refractivity contribution in [2.24, 2.45) is 0 Å². The van der Waals surface area contributed by atoms with Gasteiger partial charge >= 0.3 is 0 Å². The molecule has 2 aromatic carbocycles. The van der Waals surface area contributed by atoms with Crippen molar-refractivity contribution < 1.29 is 17.1 Å². The van der Waals surface area contributed by atoms with Crippen molar-refractivity contribution in [3.05, 3.63) is 71.6 Å². The van der Waals surface area contributed by atoms with Gasteiger partial charge in [-0.1, -0.05) is 0 Å². The van der Waals surface area contributed by atoms with Crippen molar-refractivity contribution >= 4 is 27.2 Å². The largest absolute Gasteiger partial charge is 0.664 e. The van der Waals surface area contributed by atoms with E-state index in [-0.39, 0.29) is 17.1 Å². The van der Waals surface area contributed by atoms with Crippen LogP contribution in [0.25, 0.3) is 21.5 Å². The summed E-state index contributed by atoms with van der Waals surface area (Å²) < 4.78 is 0. The summed E-state index contributed by atoms with van der Waals surface area (Å²) in [7, 11) is 0. The van der Waals surface area contributed by atoms with Gasteiger partial charge in [0.2, 0.25) is 0 Å². The van der Waals surface area contributed by atoms with Crippen LogP contribution in [-0.4, -0.2) is 4.98 Å². The molecule has 2 heterocycles. The van der Waals surface area contributed by atoms with Crippen molar-refractivity contribution in [1.82, 2.24) is 4.98 Å². The predicted molar refractivity (Wildman–Crippen MR) is 91.8 cm³/mol. The van der Waals surface area contributed by atoms with Crippen LogP contribution in [0.15, 0.2) is 66.7 Å². The number of nitrogens with zero attached hydrogens (tertiary/aromatic N) is 2. The van der Waals surface area contributed by atoms with E-state index in [4.69, 9.17) is 11.0 Å². The third kappa shape index (κ3) is 3.69. The average Bonchev–Trinajstić information content (AvgIpc) is 3.30. The van der Waals surface area contributed by atoms with Gasteiger partial charge in [-0.3, -0.25) is 0 Å². The third-order valence-corrected chi connectivity index (χ3v) is 4.23. The molecule has 120 valence electrons. The molecule has 2 aromatic heterocycles.